The second-order valence-electron chi connectivity index (χ2n) is 5.22. The Balaban J connectivity index is 1.60. The van der Waals surface area contributed by atoms with Crippen LogP contribution in [-0.2, 0) is 9.53 Å². The lowest BCUT2D eigenvalue weighted by Crippen LogP contribution is -2.41. The summed E-state index contributed by atoms with van der Waals surface area (Å²) in [6.45, 7) is 0.901. The van der Waals surface area contributed by atoms with Crippen molar-refractivity contribution in [3.63, 3.8) is 0 Å². The fourth-order valence-electron chi connectivity index (χ4n) is 2.68. The van der Waals surface area contributed by atoms with Gasteiger partial charge in [-0.3, -0.25) is 19.3 Å². The number of nitrogens with one attached hydrogen (secondary N) is 1. The van der Waals surface area contributed by atoms with Crippen molar-refractivity contribution in [2.45, 2.75) is 18.9 Å². The van der Waals surface area contributed by atoms with E-state index < -0.39 is 12.0 Å². The van der Waals surface area contributed by atoms with E-state index in [4.69, 9.17) is 16.3 Å². The van der Waals surface area contributed by atoms with Gasteiger partial charge in [0.05, 0.1) is 16.1 Å². The van der Waals surface area contributed by atoms with Gasteiger partial charge in [0.15, 0.2) is 0 Å². The van der Waals surface area contributed by atoms with Gasteiger partial charge in [-0.15, -0.1) is 0 Å². The van der Waals surface area contributed by atoms with Gasteiger partial charge in [-0.05, 0) is 25.0 Å². The standard InChI is InChI=1S/C15H15ClN2O4/c16-10-4-1-3-9-12(10)15(21)18(14(9)20)7-6-17-13(19)11-5-2-8-22-11/h1,3-4,11H,2,5-8H2,(H,17,19). The number of hydrogen-bond acceptors (Lipinski definition) is 4. The lowest BCUT2D eigenvalue weighted by Gasteiger charge is -2.15. The molecule has 1 aromatic carbocycles. The van der Waals surface area contributed by atoms with Gasteiger partial charge in [0.1, 0.15) is 6.10 Å². The summed E-state index contributed by atoms with van der Waals surface area (Å²) in [5.74, 6) is -1.00. The number of carbonyl (C=O) groups is 3. The maximum atomic E-state index is 12.2. The molecule has 6 nitrogen and oxygen atoms in total. The molecule has 1 fully saturated rings. The molecule has 1 N–H and O–H groups in total. The van der Waals surface area contributed by atoms with Crippen LogP contribution < -0.4 is 5.32 Å². The molecule has 0 spiro atoms. The minimum atomic E-state index is -0.420. The number of carbonyl (C=O) groups excluding carboxylic acids is 3. The normalized spacial score (nSPS) is 20.4. The van der Waals surface area contributed by atoms with Crippen LogP contribution in [0.3, 0.4) is 0 Å². The van der Waals surface area contributed by atoms with Gasteiger partial charge in [-0.2, -0.15) is 0 Å². The maximum Gasteiger partial charge on any atom is 0.263 e. The summed E-state index contributed by atoms with van der Waals surface area (Å²) in [5.41, 5.74) is 0.544. The van der Waals surface area contributed by atoms with Crippen LogP contribution in [0.15, 0.2) is 18.2 Å². The Morgan fingerprint density at radius 1 is 1.36 bits per heavy atom. The number of nitrogens with zero attached hydrogens (tertiary/aromatic N) is 1. The Bertz CT molecular complexity index is 640. The molecule has 116 valence electrons. The van der Waals surface area contributed by atoms with Crippen LogP contribution in [0.25, 0.3) is 0 Å². The zero-order valence-corrected chi connectivity index (χ0v) is 12.6. The molecule has 3 rings (SSSR count). The summed E-state index contributed by atoms with van der Waals surface area (Å²) in [4.78, 5) is 37.4. The third kappa shape index (κ3) is 2.60. The van der Waals surface area contributed by atoms with Gasteiger partial charge in [0, 0.05) is 19.7 Å². The summed E-state index contributed by atoms with van der Waals surface area (Å²) >= 11 is 5.98. The Morgan fingerprint density at radius 3 is 2.86 bits per heavy atom. The first-order chi connectivity index (χ1) is 10.6. The van der Waals surface area contributed by atoms with E-state index in [1.54, 1.807) is 18.2 Å². The first-order valence-electron chi connectivity index (χ1n) is 7.13. The first-order valence-corrected chi connectivity index (χ1v) is 7.51. The van der Waals surface area contributed by atoms with Crippen molar-refractivity contribution in [2.75, 3.05) is 19.7 Å². The van der Waals surface area contributed by atoms with E-state index in [2.05, 4.69) is 5.32 Å². The average molecular weight is 323 g/mol. The third-order valence-electron chi connectivity index (χ3n) is 3.80. The molecule has 0 saturated carbocycles. The van der Waals surface area contributed by atoms with Gasteiger partial charge in [0.2, 0.25) is 5.91 Å². The largest absolute Gasteiger partial charge is 0.368 e. The minimum Gasteiger partial charge on any atom is -0.368 e. The molecule has 0 aliphatic carbocycles. The zero-order valence-electron chi connectivity index (χ0n) is 11.8. The number of benzene rings is 1. The van der Waals surface area contributed by atoms with Crippen molar-refractivity contribution in [3.05, 3.63) is 34.3 Å². The molecule has 22 heavy (non-hydrogen) atoms. The van der Waals surface area contributed by atoms with E-state index in [9.17, 15) is 14.4 Å². The molecular formula is C15H15ClN2O4. The van der Waals surface area contributed by atoms with Crippen molar-refractivity contribution < 1.29 is 19.1 Å². The topological polar surface area (TPSA) is 75.7 Å². The molecule has 1 saturated heterocycles. The molecule has 0 aromatic heterocycles. The summed E-state index contributed by atoms with van der Waals surface area (Å²) in [7, 11) is 0. The number of imide groups is 1. The fourth-order valence-corrected chi connectivity index (χ4v) is 2.94. The number of hydrogen-bond donors (Lipinski definition) is 1. The van der Waals surface area contributed by atoms with E-state index in [0.29, 0.717) is 18.6 Å². The van der Waals surface area contributed by atoms with E-state index >= 15 is 0 Å². The van der Waals surface area contributed by atoms with Crippen molar-refractivity contribution in [1.82, 2.24) is 10.2 Å². The second kappa shape index (κ2) is 6.06. The Morgan fingerprint density at radius 2 is 2.18 bits per heavy atom. The molecule has 1 atom stereocenters. The molecule has 3 amide bonds. The first kappa shape index (κ1) is 15.0. The summed E-state index contributed by atoms with van der Waals surface area (Å²) < 4.78 is 5.27. The van der Waals surface area contributed by atoms with Crippen LogP contribution in [0.1, 0.15) is 33.6 Å². The number of amides is 3. The lowest BCUT2D eigenvalue weighted by molar-refractivity contribution is -0.130. The summed E-state index contributed by atoms with van der Waals surface area (Å²) in [6.07, 6.45) is 1.15. The van der Waals surface area contributed by atoms with Gasteiger partial charge in [-0.25, -0.2) is 0 Å². The van der Waals surface area contributed by atoms with Crippen molar-refractivity contribution in [3.8, 4) is 0 Å². The predicted octanol–water partition coefficient (Wildman–Crippen LogP) is 1.23. The highest BCUT2D eigenvalue weighted by Crippen LogP contribution is 2.28. The number of ether oxygens (including phenoxy) is 1. The van der Waals surface area contributed by atoms with Crippen LogP contribution in [0, 0.1) is 0 Å². The highest BCUT2D eigenvalue weighted by atomic mass is 35.5. The number of rotatable bonds is 4. The van der Waals surface area contributed by atoms with Gasteiger partial charge >= 0.3 is 0 Å². The van der Waals surface area contributed by atoms with Crippen LogP contribution in [0.5, 0.6) is 0 Å². The Hall–Kier alpha value is -1.92. The van der Waals surface area contributed by atoms with Crippen molar-refractivity contribution in [2.24, 2.45) is 0 Å². The molecule has 7 heteroatoms. The van der Waals surface area contributed by atoms with Gasteiger partial charge in [0.25, 0.3) is 11.8 Å². The van der Waals surface area contributed by atoms with Crippen molar-refractivity contribution >= 4 is 29.3 Å². The van der Waals surface area contributed by atoms with E-state index in [1.807, 2.05) is 0 Å². The average Bonchev–Trinajstić information content (AvgIpc) is 3.11. The van der Waals surface area contributed by atoms with Gasteiger partial charge < -0.3 is 10.1 Å². The third-order valence-corrected chi connectivity index (χ3v) is 4.12. The number of fused-ring (bicyclic) bond motifs is 1. The van der Waals surface area contributed by atoms with E-state index in [0.717, 1.165) is 11.3 Å². The van der Waals surface area contributed by atoms with E-state index in [1.165, 1.54) is 0 Å². The molecule has 0 bridgehead atoms. The fraction of sp³-hybridized carbons (Fsp3) is 0.400. The maximum absolute atomic E-state index is 12.2. The van der Waals surface area contributed by atoms with Crippen LogP contribution in [-0.4, -0.2) is 48.4 Å². The lowest BCUT2D eigenvalue weighted by atomic mass is 10.1. The van der Waals surface area contributed by atoms with Crippen LogP contribution >= 0.6 is 11.6 Å². The van der Waals surface area contributed by atoms with Gasteiger partial charge in [-0.1, -0.05) is 17.7 Å². The highest BCUT2D eigenvalue weighted by Gasteiger charge is 2.36. The van der Waals surface area contributed by atoms with Crippen LogP contribution in [0.2, 0.25) is 5.02 Å². The molecule has 2 aliphatic heterocycles. The van der Waals surface area contributed by atoms with Crippen molar-refractivity contribution in [1.29, 1.82) is 0 Å². The SMILES string of the molecule is O=C(NCCN1C(=O)c2cccc(Cl)c2C1=O)C1CCCO1. The monoisotopic (exact) mass is 322 g/mol. The molecule has 2 heterocycles. The van der Waals surface area contributed by atoms with Crippen LogP contribution in [0.4, 0.5) is 0 Å². The summed E-state index contributed by atoms with van der Waals surface area (Å²) in [5, 5.41) is 2.96. The smallest absolute Gasteiger partial charge is 0.263 e. The highest BCUT2D eigenvalue weighted by molar-refractivity contribution is 6.37. The molecule has 0 radical (unpaired) electrons. The quantitative estimate of drug-likeness (QED) is 0.846. The predicted molar refractivity (Wildman–Crippen MR) is 78.8 cm³/mol. The Labute approximate surface area is 132 Å². The number of halogens is 1. The zero-order chi connectivity index (χ0) is 15.7. The molecular weight excluding hydrogens is 308 g/mol. The molecule has 1 aromatic rings. The molecule has 2 aliphatic rings. The molecule has 1 unspecified atom stereocenters. The minimum absolute atomic E-state index is 0.112. The summed E-state index contributed by atoms with van der Waals surface area (Å²) in [6, 6.07) is 4.79. The van der Waals surface area contributed by atoms with E-state index in [-0.39, 0.29) is 35.5 Å². The Kier molecular flexibility index (Phi) is 4.13. The second-order valence-corrected chi connectivity index (χ2v) is 5.62.